The summed E-state index contributed by atoms with van der Waals surface area (Å²) in [6.07, 6.45) is 1.85. The van der Waals surface area contributed by atoms with Crippen LogP contribution in [0.1, 0.15) is 26.7 Å². The summed E-state index contributed by atoms with van der Waals surface area (Å²) in [6, 6.07) is 0. The Morgan fingerprint density at radius 1 is 1.62 bits per heavy atom. The number of hydrogen-bond acceptors (Lipinski definition) is 1. The fraction of sp³-hybridized carbons (Fsp3) is 0.571. The van der Waals surface area contributed by atoms with E-state index in [1.807, 2.05) is 6.92 Å². The van der Waals surface area contributed by atoms with Crippen molar-refractivity contribution in [3.63, 3.8) is 0 Å². The van der Waals surface area contributed by atoms with Crippen molar-refractivity contribution < 1.29 is 4.79 Å². The summed E-state index contributed by atoms with van der Waals surface area (Å²) >= 11 is 0. The molecule has 0 heterocycles. The lowest BCUT2D eigenvalue weighted by atomic mass is 10.1. The molecule has 0 bridgehead atoms. The number of rotatable bonds is 3. The second-order valence-corrected chi connectivity index (χ2v) is 1.91. The van der Waals surface area contributed by atoms with Gasteiger partial charge in [-0.25, -0.2) is 0 Å². The standard InChI is InChI=1S/C7H12O/c1-4-5-6(2)7(3)8/h2,4-5H2,1,3H3. The van der Waals surface area contributed by atoms with Crippen LogP contribution < -0.4 is 0 Å². The van der Waals surface area contributed by atoms with Gasteiger partial charge < -0.3 is 0 Å². The van der Waals surface area contributed by atoms with Gasteiger partial charge in [-0.05, 0) is 18.9 Å². The van der Waals surface area contributed by atoms with Gasteiger partial charge >= 0.3 is 0 Å². The summed E-state index contributed by atoms with van der Waals surface area (Å²) in [5.41, 5.74) is 0.743. The van der Waals surface area contributed by atoms with E-state index in [0.717, 1.165) is 18.4 Å². The Labute approximate surface area is 50.4 Å². The molecule has 0 spiro atoms. The second-order valence-electron chi connectivity index (χ2n) is 1.91. The lowest BCUT2D eigenvalue weighted by molar-refractivity contribution is -0.113. The Morgan fingerprint density at radius 3 is 2.25 bits per heavy atom. The molecule has 0 aromatic rings. The molecule has 46 valence electrons. The number of Topliss-reactive ketones (excluding diaryl/α,β-unsaturated/α-hetero) is 1. The molecule has 0 saturated carbocycles. The van der Waals surface area contributed by atoms with E-state index in [1.165, 1.54) is 0 Å². The molecule has 0 N–H and O–H groups in total. The quantitative estimate of drug-likeness (QED) is 0.510. The summed E-state index contributed by atoms with van der Waals surface area (Å²) < 4.78 is 0. The largest absolute Gasteiger partial charge is 0.295 e. The van der Waals surface area contributed by atoms with Crippen molar-refractivity contribution in [2.24, 2.45) is 0 Å². The summed E-state index contributed by atoms with van der Waals surface area (Å²) in [6.45, 7) is 7.18. The van der Waals surface area contributed by atoms with Crippen LogP contribution in [0.3, 0.4) is 0 Å². The summed E-state index contributed by atoms with van der Waals surface area (Å²) in [4.78, 5) is 10.4. The highest BCUT2D eigenvalue weighted by Crippen LogP contribution is 2.00. The van der Waals surface area contributed by atoms with Crippen molar-refractivity contribution in [2.45, 2.75) is 26.7 Å². The average Bonchev–Trinajstić information content (AvgIpc) is 1.67. The summed E-state index contributed by atoms with van der Waals surface area (Å²) in [5, 5.41) is 0. The average molecular weight is 112 g/mol. The van der Waals surface area contributed by atoms with E-state index in [0.29, 0.717) is 0 Å². The maximum absolute atomic E-state index is 10.4. The fourth-order valence-corrected chi connectivity index (χ4v) is 0.478. The molecule has 0 aliphatic heterocycles. The van der Waals surface area contributed by atoms with E-state index in [4.69, 9.17) is 0 Å². The molecule has 1 heteroatoms. The summed E-state index contributed by atoms with van der Waals surface area (Å²) in [7, 11) is 0. The van der Waals surface area contributed by atoms with Crippen LogP contribution >= 0.6 is 0 Å². The van der Waals surface area contributed by atoms with E-state index in [9.17, 15) is 4.79 Å². The highest BCUT2D eigenvalue weighted by Gasteiger charge is 1.95. The van der Waals surface area contributed by atoms with Gasteiger partial charge in [-0.15, -0.1) is 0 Å². The van der Waals surface area contributed by atoms with Crippen molar-refractivity contribution >= 4 is 5.78 Å². The highest BCUT2D eigenvalue weighted by atomic mass is 16.1. The van der Waals surface area contributed by atoms with Crippen LogP contribution in [0.25, 0.3) is 0 Å². The number of ketones is 1. The van der Waals surface area contributed by atoms with E-state index in [1.54, 1.807) is 6.92 Å². The first-order valence-corrected chi connectivity index (χ1v) is 2.87. The minimum atomic E-state index is 0.117. The SMILES string of the molecule is C=C(CCC)C(C)=O. The van der Waals surface area contributed by atoms with Gasteiger partial charge in [0.1, 0.15) is 0 Å². The molecule has 0 radical (unpaired) electrons. The van der Waals surface area contributed by atoms with Crippen LogP contribution in [0.2, 0.25) is 0 Å². The molecule has 0 unspecified atom stereocenters. The first-order chi connectivity index (χ1) is 3.68. The van der Waals surface area contributed by atoms with E-state index < -0.39 is 0 Å². The molecular formula is C7H12O. The third kappa shape index (κ3) is 2.56. The fourth-order valence-electron chi connectivity index (χ4n) is 0.478. The van der Waals surface area contributed by atoms with E-state index in [-0.39, 0.29) is 5.78 Å². The zero-order valence-corrected chi connectivity index (χ0v) is 5.53. The van der Waals surface area contributed by atoms with Gasteiger partial charge in [-0.1, -0.05) is 19.9 Å². The molecule has 0 fully saturated rings. The summed E-state index contributed by atoms with van der Waals surface area (Å²) in [5.74, 6) is 0.117. The first-order valence-electron chi connectivity index (χ1n) is 2.87. The Hall–Kier alpha value is -0.590. The van der Waals surface area contributed by atoms with Gasteiger partial charge in [0.05, 0.1) is 0 Å². The van der Waals surface area contributed by atoms with Gasteiger partial charge in [-0.3, -0.25) is 4.79 Å². The molecular weight excluding hydrogens is 100 g/mol. The normalized spacial score (nSPS) is 8.75. The van der Waals surface area contributed by atoms with Crippen LogP contribution in [0, 0.1) is 0 Å². The Kier molecular flexibility index (Phi) is 3.16. The zero-order chi connectivity index (χ0) is 6.57. The third-order valence-electron chi connectivity index (χ3n) is 1.05. The molecule has 0 aromatic carbocycles. The molecule has 0 saturated heterocycles. The van der Waals surface area contributed by atoms with Crippen LogP contribution in [0.4, 0.5) is 0 Å². The molecule has 0 amide bonds. The number of hydrogen-bond donors (Lipinski definition) is 0. The van der Waals surface area contributed by atoms with Gasteiger partial charge in [-0.2, -0.15) is 0 Å². The number of carbonyl (C=O) groups is 1. The van der Waals surface area contributed by atoms with Gasteiger partial charge in [0.2, 0.25) is 0 Å². The lowest BCUT2D eigenvalue weighted by Gasteiger charge is -1.93. The zero-order valence-electron chi connectivity index (χ0n) is 5.53. The molecule has 0 aliphatic carbocycles. The first kappa shape index (κ1) is 7.41. The predicted octanol–water partition coefficient (Wildman–Crippen LogP) is 1.93. The van der Waals surface area contributed by atoms with Crippen LogP contribution in [0.5, 0.6) is 0 Å². The highest BCUT2D eigenvalue weighted by molar-refractivity contribution is 5.92. The van der Waals surface area contributed by atoms with Gasteiger partial charge in [0.15, 0.2) is 5.78 Å². The maximum atomic E-state index is 10.4. The third-order valence-corrected chi connectivity index (χ3v) is 1.05. The Balaban J connectivity index is 3.49. The van der Waals surface area contributed by atoms with Crippen molar-refractivity contribution in [1.29, 1.82) is 0 Å². The molecule has 0 rings (SSSR count). The lowest BCUT2D eigenvalue weighted by Crippen LogP contribution is -1.92. The van der Waals surface area contributed by atoms with Gasteiger partial charge in [0.25, 0.3) is 0 Å². The molecule has 0 atom stereocenters. The van der Waals surface area contributed by atoms with Crippen LogP contribution in [-0.4, -0.2) is 5.78 Å². The predicted molar refractivity (Wildman–Crippen MR) is 34.7 cm³/mol. The molecule has 0 aliphatic rings. The monoisotopic (exact) mass is 112 g/mol. The van der Waals surface area contributed by atoms with Crippen LogP contribution in [-0.2, 0) is 4.79 Å². The van der Waals surface area contributed by atoms with Crippen molar-refractivity contribution in [1.82, 2.24) is 0 Å². The topological polar surface area (TPSA) is 17.1 Å². The smallest absolute Gasteiger partial charge is 0.155 e. The Bertz CT molecular complexity index is 103. The number of allylic oxidation sites excluding steroid dienone is 1. The van der Waals surface area contributed by atoms with E-state index >= 15 is 0 Å². The van der Waals surface area contributed by atoms with E-state index in [2.05, 4.69) is 6.58 Å². The van der Waals surface area contributed by atoms with Crippen molar-refractivity contribution in [3.05, 3.63) is 12.2 Å². The second kappa shape index (κ2) is 3.42. The van der Waals surface area contributed by atoms with Crippen molar-refractivity contribution in [2.75, 3.05) is 0 Å². The minimum absolute atomic E-state index is 0.117. The Morgan fingerprint density at radius 2 is 2.12 bits per heavy atom. The van der Waals surface area contributed by atoms with Crippen LogP contribution in [0.15, 0.2) is 12.2 Å². The maximum Gasteiger partial charge on any atom is 0.155 e. The minimum Gasteiger partial charge on any atom is -0.295 e. The number of carbonyl (C=O) groups excluding carboxylic acids is 1. The molecule has 1 nitrogen and oxygen atoms in total. The van der Waals surface area contributed by atoms with Gasteiger partial charge in [0, 0.05) is 0 Å². The molecule has 8 heavy (non-hydrogen) atoms. The molecule has 0 aromatic heterocycles. The van der Waals surface area contributed by atoms with Crippen molar-refractivity contribution in [3.8, 4) is 0 Å².